The molecule has 0 atom stereocenters. The molecule has 1 aliphatic rings. The molecule has 0 N–H and O–H groups in total. The lowest BCUT2D eigenvalue weighted by atomic mass is 9.96. The number of hydrogen-bond donors (Lipinski definition) is 0. The fraction of sp³-hybridized carbons (Fsp3) is 0.0244. The molecule has 46 heavy (non-hydrogen) atoms. The number of nitriles is 1. The van der Waals surface area contributed by atoms with Crippen LogP contribution in [0.5, 0.6) is 0 Å². The van der Waals surface area contributed by atoms with Crippen LogP contribution in [0.15, 0.2) is 140 Å². The number of aromatic nitrogens is 4. The van der Waals surface area contributed by atoms with Gasteiger partial charge in [0.25, 0.3) is 0 Å². The van der Waals surface area contributed by atoms with Crippen LogP contribution in [0, 0.1) is 11.3 Å². The summed E-state index contributed by atoms with van der Waals surface area (Å²) in [7, 11) is 0. The van der Waals surface area contributed by atoms with Crippen molar-refractivity contribution in [2.45, 2.75) is 6.42 Å². The topological polar surface area (TPSA) is 67.4 Å². The Morgan fingerprint density at radius 2 is 1.11 bits per heavy atom. The predicted octanol–water partition coefficient (Wildman–Crippen LogP) is 9.79. The van der Waals surface area contributed by atoms with Crippen LogP contribution in [-0.4, -0.2) is 19.5 Å². The first-order valence-corrected chi connectivity index (χ1v) is 15.3. The van der Waals surface area contributed by atoms with Crippen molar-refractivity contribution in [2.24, 2.45) is 0 Å². The standard InChI is InChI=1S/C41H27N5/c42-27-28-25-34(29-15-5-1-6-16-29)38(46-36-23-12-4-11-21-32(36)33-22-13-14-24-37(33)46)35(26-28)41-44-39(30-17-7-2-8-18-30)43-40(45-41)31-19-9-3-10-20-31/h1-3,5-26H,4H2. The largest absolute Gasteiger partial charge is 0.308 e. The number of benzene rings is 5. The summed E-state index contributed by atoms with van der Waals surface area (Å²) in [5.74, 6) is 1.63. The molecule has 0 saturated heterocycles. The zero-order valence-corrected chi connectivity index (χ0v) is 24.9. The average molecular weight is 590 g/mol. The Morgan fingerprint density at radius 3 is 1.76 bits per heavy atom. The maximum Gasteiger partial charge on any atom is 0.166 e. The number of allylic oxidation sites excluding steroid dienone is 2. The van der Waals surface area contributed by atoms with E-state index in [0.29, 0.717) is 23.0 Å². The molecule has 0 saturated carbocycles. The molecule has 0 unspecified atom stereocenters. The van der Waals surface area contributed by atoms with Crippen molar-refractivity contribution in [3.63, 3.8) is 0 Å². The molecule has 0 radical (unpaired) electrons. The van der Waals surface area contributed by atoms with Crippen molar-refractivity contribution in [3.05, 3.63) is 156 Å². The van der Waals surface area contributed by atoms with Gasteiger partial charge < -0.3 is 4.57 Å². The summed E-state index contributed by atoms with van der Waals surface area (Å²) in [5, 5.41) is 11.5. The fourth-order valence-electron chi connectivity index (χ4n) is 6.19. The van der Waals surface area contributed by atoms with Gasteiger partial charge in [0.05, 0.1) is 28.5 Å². The number of hydrogen-bond acceptors (Lipinski definition) is 4. The monoisotopic (exact) mass is 589 g/mol. The third-order valence-electron chi connectivity index (χ3n) is 8.27. The van der Waals surface area contributed by atoms with Crippen molar-refractivity contribution < 1.29 is 0 Å². The van der Waals surface area contributed by atoms with Crippen molar-refractivity contribution >= 4 is 23.1 Å². The van der Waals surface area contributed by atoms with Gasteiger partial charge in [0.1, 0.15) is 0 Å². The third kappa shape index (κ3) is 4.79. The maximum atomic E-state index is 10.3. The highest BCUT2D eigenvalue weighted by Crippen LogP contribution is 2.42. The van der Waals surface area contributed by atoms with Gasteiger partial charge in [0.2, 0.25) is 0 Å². The van der Waals surface area contributed by atoms with E-state index in [9.17, 15) is 5.26 Å². The molecule has 216 valence electrons. The molecule has 5 heteroatoms. The zero-order chi connectivity index (χ0) is 30.9. The van der Waals surface area contributed by atoms with E-state index in [2.05, 4.69) is 71.3 Å². The maximum absolute atomic E-state index is 10.3. The highest BCUT2D eigenvalue weighted by atomic mass is 15.1. The first-order chi connectivity index (χ1) is 22.8. The summed E-state index contributed by atoms with van der Waals surface area (Å²) in [6, 6.07) is 44.9. The van der Waals surface area contributed by atoms with Gasteiger partial charge in [-0.15, -0.1) is 0 Å². The molecule has 0 spiro atoms. The Bertz CT molecular complexity index is 2270. The Kier molecular flexibility index (Phi) is 6.86. The first kappa shape index (κ1) is 27.2. The lowest BCUT2D eigenvalue weighted by Gasteiger charge is -2.20. The summed E-state index contributed by atoms with van der Waals surface area (Å²) in [6.07, 6.45) is 9.64. The molecule has 2 aromatic heterocycles. The molecule has 0 fully saturated rings. The molecule has 8 rings (SSSR count). The molecular weight excluding hydrogens is 562 g/mol. The van der Waals surface area contributed by atoms with Gasteiger partial charge in [-0.1, -0.05) is 127 Å². The second-order valence-electron chi connectivity index (χ2n) is 11.1. The van der Waals surface area contributed by atoms with Gasteiger partial charge in [0.15, 0.2) is 17.5 Å². The summed E-state index contributed by atoms with van der Waals surface area (Å²) < 4.78 is 2.31. The van der Waals surface area contributed by atoms with Crippen LogP contribution < -0.4 is 0 Å². The Hall–Kier alpha value is -6.38. The van der Waals surface area contributed by atoms with Gasteiger partial charge in [-0.05, 0) is 36.3 Å². The van der Waals surface area contributed by atoms with E-state index >= 15 is 0 Å². The second kappa shape index (κ2) is 11.6. The summed E-state index contributed by atoms with van der Waals surface area (Å²) in [4.78, 5) is 15.2. The van der Waals surface area contributed by atoms with E-state index in [1.807, 2.05) is 91.0 Å². The number of fused-ring (bicyclic) bond motifs is 3. The van der Waals surface area contributed by atoms with Crippen molar-refractivity contribution in [2.75, 3.05) is 0 Å². The lowest BCUT2D eigenvalue weighted by Crippen LogP contribution is -2.07. The summed E-state index contributed by atoms with van der Waals surface area (Å²) >= 11 is 0. The Morgan fingerprint density at radius 1 is 0.565 bits per heavy atom. The van der Waals surface area contributed by atoms with E-state index in [1.165, 1.54) is 0 Å². The second-order valence-corrected chi connectivity index (χ2v) is 11.1. The lowest BCUT2D eigenvalue weighted by molar-refractivity contribution is 1.05. The number of nitrogens with zero attached hydrogens (tertiary/aromatic N) is 5. The average Bonchev–Trinajstić information content (AvgIpc) is 3.25. The third-order valence-corrected chi connectivity index (χ3v) is 8.27. The molecule has 2 heterocycles. The van der Waals surface area contributed by atoms with Gasteiger partial charge in [-0.2, -0.15) is 5.26 Å². The van der Waals surface area contributed by atoms with Crippen molar-refractivity contribution in [1.82, 2.24) is 19.5 Å². The minimum atomic E-state index is 0.497. The van der Waals surface area contributed by atoms with Crippen molar-refractivity contribution in [3.8, 4) is 57.0 Å². The highest BCUT2D eigenvalue weighted by Gasteiger charge is 2.25. The summed E-state index contributed by atoms with van der Waals surface area (Å²) in [5.41, 5.74) is 9.16. The Balaban J connectivity index is 1.52. The van der Waals surface area contributed by atoms with Crippen LogP contribution in [0.2, 0.25) is 0 Å². The molecule has 5 nitrogen and oxygen atoms in total. The van der Waals surface area contributed by atoms with E-state index in [-0.39, 0.29) is 0 Å². The summed E-state index contributed by atoms with van der Waals surface area (Å²) in [6.45, 7) is 0. The van der Waals surface area contributed by atoms with Crippen LogP contribution >= 0.6 is 0 Å². The van der Waals surface area contributed by atoms with Gasteiger partial charge in [-0.3, -0.25) is 0 Å². The molecule has 0 bridgehead atoms. The van der Waals surface area contributed by atoms with Crippen molar-refractivity contribution in [1.29, 1.82) is 5.26 Å². The highest BCUT2D eigenvalue weighted by molar-refractivity contribution is 5.99. The van der Waals surface area contributed by atoms with E-state index in [4.69, 9.17) is 15.0 Å². The fourth-order valence-corrected chi connectivity index (χ4v) is 6.19. The molecule has 0 aliphatic heterocycles. The number of rotatable bonds is 5. The van der Waals surface area contributed by atoms with Crippen LogP contribution in [0.1, 0.15) is 23.2 Å². The molecular formula is C41H27N5. The van der Waals surface area contributed by atoms with Crippen LogP contribution in [0.4, 0.5) is 0 Å². The van der Waals surface area contributed by atoms with Gasteiger partial charge >= 0.3 is 0 Å². The molecule has 7 aromatic rings. The molecule has 1 aliphatic carbocycles. The quantitative estimate of drug-likeness (QED) is 0.200. The molecule has 0 amide bonds. The number of para-hydroxylation sites is 1. The first-order valence-electron chi connectivity index (χ1n) is 15.3. The zero-order valence-electron chi connectivity index (χ0n) is 24.9. The molecule has 5 aromatic carbocycles. The smallest absolute Gasteiger partial charge is 0.166 e. The predicted molar refractivity (Wildman–Crippen MR) is 186 cm³/mol. The van der Waals surface area contributed by atoms with E-state index in [0.717, 1.165) is 62.1 Å². The SMILES string of the molecule is N#Cc1cc(-c2ccccc2)c(-n2c3c(c4ccccc42)C=CCC=C3)c(-c2nc(-c3ccccc3)nc(-c3ccccc3)n2)c1. The van der Waals surface area contributed by atoms with Gasteiger partial charge in [-0.25, -0.2) is 15.0 Å². The van der Waals surface area contributed by atoms with Crippen LogP contribution in [0.3, 0.4) is 0 Å². The minimum Gasteiger partial charge on any atom is -0.308 e. The minimum absolute atomic E-state index is 0.497. The van der Waals surface area contributed by atoms with E-state index in [1.54, 1.807) is 0 Å². The van der Waals surface area contributed by atoms with E-state index < -0.39 is 0 Å². The Labute approximate surface area is 267 Å². The van der Waals surface area contributed by atoms with Crippen LogP contribution in [-0.2, 0) is 0 Å². The van der Waals surface area contributed by atoms with Crippen LogP contribution in [0.25, 0.3) is 74.0 Å². The normalized spacial score (nSPS) is 12.1. The van der Waals surface area contributed by atoms with Gasteiger partial charge in [0, 0.05) is 33.2 Å².